The maximum Gasteiger partial charge on any atom is 0.335 e. The van der Waals surface area contributed by atoms with Gasteiger partial charge in [-0.2, -0.15) is 5.10 Å². The Balaban J connectivity index is 1.93. The Morgan fingerprint density at radius 2 is 2.32 bits per heavy atom. The number of aromatic nitrogens is 3. The van der Waals surface area contributed by atoms with Crippen LogP contribution >= 0.6 is 12.2 Å². The van der Waals surface area contributed by atoms with Crippen LogP contribution in [0, 0.1) is 4.77 Å². The first-order valence-corrected chi connectivity index (χ1v) is 6.53. The zero-order valence-electron chi connectivity index (χ0n) is 10.2. The van der Waals surface area contributed by atoms with Crippen molar-refractivity contribution in [3.8, 4) is 0 Å². The Kier molecular flexibility index (Phi) is 2.94. The van der Waals surface area contributed by atoms with Gasteiger partial charge < -0.3 is 5.11 Å². The largest absolute Gasteiger partial charge is 0.478 e. The van der Waals surface area contributed by atoms with E-state index < -0.39 is 5.97 Å². The van der Waals surface area contributed by atoms with Gasteiger partial charge in [0.15, 0.2) is 4.77 Å². The summed E-state index contributed by atoms with van der Waals surface area (Å²) in [7, 11) is 0. The van der Waals surface area contributed by atoms with Crippen molar-refractivity contribution in [1.29, 1.82) is 0 Å². The number of hydrogen-bond donors (Lipinski definition) is 2. The molecule has 0 spiro atoms. The highest BCUT2D eigenvalue weighted by atomic mass is 32.1. The molecule has 1 fully saturated rings. The van der Waals surface area contributed by atoms with Crippen LogP contribution in [0.1, 0.15) is 40.5 Å². The second kappa shape index (κ2) is 4.62. The second-order valence-corrected chi connectivity index (χ2v) is 5.14. The van der Waals surface area contributed by atoms with Crippen molar-refractivity contribution in [3.63, 3.8) is 0 Å². The molecule has 1 saturated carbocycles. The molecule has 0 saturated heterocycles. The van der Waals surface area contributed by atoms with Crippen LogP contribution in [0.4, 0.5) is 0 Å². The number of H-pyrrole nitrogens is 1. The van der Waals surface area contributed by atoms with Gasteiger partial charge in [-0.25, -0.2) is 4.79 Å². The van der Waals surface area contributed by atoms with Gasteiger partial charge >= 0.3 is 5.97 Å². The number of rotatable bonds is 4. The summed E-state index contributed by atoms with van der Waals surface area (Å²) in [5.74, 6) is 0.557. The molecule has 0 radical (unpaired) electrons. The molecule has 1 heterocycles. The molecule has 1 aromatic carbocycles. The van der Waals surface area contributed by atoms with E-state index in [-0.39, 0.29) is 0 Å². The first-order valence-electron chi connectivity index (χ1n) is 6.12. The van der Waals surface area contributed by atoms with Gasteiger partial charge in [0, 0.05) is 5.92 Å². The van der Waals surface area contributed by atoms with Crippen LogP contribution in [0.15, 0.2) is 24.3 Å². The molecule has 0 bridgehead atoms. The second-order valence-electron chi connectivity index (χ2n) is 4.75. The molecule has 5 nitrogen and oxygen atoms in total. The maximum absolute atomic E-state index is 11.0. The minimum absolute atomic E-state index is 0.292. The molecule has 1 aromatic heterocycles. The van der Waals surface area contributed by atoms with Gasteiger partial charge in [-0.15, -0.1) is 0 Å². The van der Waals surface area contributed by atoms with Gasteiger partial charge in [0.25, 0.3) is 0 Å². The fraction of sp³-hybridized carbons (Fsp3) is 0.308. The summed E-state index contributed by atoms with van der Waals surface area (Å²) in [5.41, 5.74) is 1.21. The first-order chi connectivity index (χ1) is 9.15. The molecular formula is C13H13N3O2S. The molecule has 3 rings (SSSR count). The lowest BCUT2D eigenvalue weighted by molar-refractivity contribution is 0.0696. The van der Waals surface area contributed by atoms with Crippen molar-refractivity contribution >= 4 is 18.2 Å². The monoisotopic (exact) mass is 275 g/mol. The fourth-order valence-corrected chi connectivity index (χ4v) is 2.32. The highest BCUT2D eigenvalue weighted by molar-refractivity contribution is 7.71. The standard InChI is InChI=1S/C13H13N3O2S/c17-12(18)10-3-1-2-8(6-10)7-16-11(9-4-5-9)14-15-13(16)19/h1-3,6,9H,4-5,7H2,(H,15,19)(H,17,18). The van der Waals surface area contributed by atoms with E-state index in [0.29, 0.717) is 22.8 Å². The molecule has 98 valence electrons. The summed E-state index contributed by atoms with van der Waals surface area (Å²) in [4.78, 5) is 11.0. The van der Waals surface area contributed by atoms with Crippen molar-refractivity contribution < 1.29 is 9.90 Å². The van der Waals surface area contributed by atoms with Crippen LogP contribution in [0.5, 0.6) is 0 Å². The molecule has 2 N–H and O–H groups in total. The van der Waals surface area contributed by atoms with E-state index >= 15 is 0 Å². The molecule has 0 amide bonds. The number of nitrogens with zero attached hydrogens (tertiary/aromatic N) is 2. The number of nitrogens with one attached hydrogen (secondary N) is 1. The average molecular weight is 275 g/mol. The molecule has 1 aliphatic carbocycles. The van der Waals surface area contributed by atoms with Crippen LogP contribution in [0.25, 0.3) is 0 Å². The van der Waals surface area contributed by atoms with Gasteiger partial charge in [0.05, 0.1) is 12.1 Å². The normalized spacial score (nSPS) is 14.5. The van der Waals surface area contributed by atoms with Crippen LogP contribution in [0.3, 0.4) is 0 Å². The first kappa shape index (κ1) is 12.1. The van der Waals surface area contributed by atoms with Gasteiger partial charge in [0.1, 0.15) is 5.82 Å². The lowest BCUT2D eigenvalue weighted by atomic mass is 10.1. The number of aromatic carboxylic acids is 1. The summed E-state index contributed by atoms with van der Waals surface area (Å²) >= 11 is 5.23. The van der Waals surface area contributed by atoms with E-state index in [0.717, 1.165) is 24.2 Å². The summed E-state index contributed by atoms with van der Waals surface area (Å²) < 4.78 is 2.54. The third-order valence-electron chi connectivity index (χ3n) is 3.24. The minimum Gasteiger partial charge on any atom is -0.478 e. The molecule has 0 atom stereocenters. The van der Waals surface area contributed by atoms with E-state index in [4.69, 9.17) is 17.3 Å². The molecule has 0 unspecified atom stereocenters. The summed E-state index contributed by atoms with van der Waals surface area (Å²) in [6, 6.07) is 6.91. The van der Waals surface area contributed by atoms with Gasteiger partial charge in [-0.1, -0.05) is 12.1 Å². The van der Waals surface area contributed by atoms with E-state index in [9.17, 15) is 4.79 Å². The fourth-order valence-electron chi connectivity index (χ4n) is 2.12. The minimum atomic E-state index is -0.917. The third kappa shape index (κ3) is 2.44. The Morgan fingerprint density at radius 1 is 1.53 bits per heavy atom. The molecule has 1 aliphatic rings. The van der Waals surface area contributed by atoms with E-state index in [1.54, 1.807) is 18.2 Å². The van der Waals surface area contributed by atoms with Gasteiger partial charge in [0.2, 0.25) is 0 Å². The summed E-state index contributed by atoms with van der Waals surface area (Å²) in [5, 5.41) is 16.1. The maximum atomic E-state index is 11.0. The zero-order valence-corrected chi connectivity index (χ0v) is 11.0. The molecular weight excluding hydrogens is 262 g/mol. The average Bonchev–Trinajstić information content (AvgIpc) is 3.17. The van der Waals surface area contributed by atoms with Crippen molar-refractivity contribution in [1.82, 2.24) is 14.8 Å². The molecule has 6 heteroatoms. The van der Waals surface area contributed by atoms with Crippen LogP contribution in [-0.2, 0) is 6.54 Å². The van der Waals surface area contributed by atoms with E-state index in [1.165, 1.54) is 0 Å². The van der Waals surface area contributed by atoms with Gasteiger partial charge in [-0.3, -0.25) is 9.67 Å². The molecule has 2 aromatic rings. The number of carbonyl (C=O) groups is 1. The molecule has 0 aliphatic heterocycles. The third-order valence-corrected chi connectivity index (χ3v) is 3.56. The van der Waals surface area contributed by atoms with Crippen molar-refractivity contribution in [2.45, 2.75) is 25.3 Å². The topological polar surface area (TPSA) is 70.9 Å². The van der Waals surface area contributed by atoms with Crippen molar-refractivity contribution in [2.75, 3.05) is 0 Å². The Bertz CT molecular complexity index is 685. The molecule has 19 heavy (non-hydrogen) atoms. The lowest BCUT2D eigenvalue weighted by Crippen LogP contribution is -2.06. The quantitative estimate of drug-likeness (QED) is 0.841. The Labute approximate surface area is 114 Å². The lowest BCUT2D eigenvalue weighted by Gasteiger charge is -2.07. The number of aromatic amines is 1. The predicted molar refractivity (Wildman–Crippen MR) is 71.9 cm³/mol. The van der Waals surface area contributed by atoms with Crippen LogP contribution < -0.4 is 0 Å². The van der Waals surface area contributed by atoms with Crippen LogP contribution in [0.2, 0.25) is 0 Å². The van der Waals surface area contributed by atoms with Crippen molar-refractivity contribution in [3.05, 3.63) is 46.0 Å². The zero-order chi connectivity index (χ0) is 13.4. The number of carboxylic acids is 1. The number of carboxylic acid groups (broad SMARTS) is 1. The highest BCUT2D eigenvalue weighted by Crippen LogP contribution is 2.39. The van der Waals surface area contributed by atoms with E-state index in [2.05, 4.69) is 10.2 Å². The van der Waals surface area contributed by atoms with Gasteiger partial charge in [-0.05, 0) is 42.8 Å². The summed E-state index contributed by atoms with van der Waals surface area (Å²) in [6.45, 7) is 0.558. The smallest absolute Gasteiger partial charge is 0.335 e. The highest BCUT2D eigenvalue weighted by Gasteiger charge is 2.29. The SMILES string of the molecule is O=C(O)c1cccc(Cn2c(C3CC3)n[nH]c2=S)c1. The summed E-state index contributed by atoms with van der Waals surface area (Å²) in [6.07, 6.45) is 2.30. The predicted octanol–water partition coefficient (Wildman–Crippen LogP) is 2.56. The van der Waals surface area contributed by atoms with Crippen LogP contribution in [-0.4, -0.2) is 25.8 Å². The number of benzene rings is 1. The Hall–Kier alpha value is -1.95. The van der Waals surface area contributed by atoms with Crippen molar-refractivity contribution in [2.24, 2.45) is 0 Å². The van der Waals surface area contributed by atoms with E-state index in [1.807, 2.05) is 10.6 Å². The Morgan fingerprint density at radius 3 is 3.00 bits per heavy atom. The number of hydrogen-bond acceptors (Lipinski definition) is 3.